The molecule has 2 atom stereocenters. The number of carboxylic acids is 2. The van der Waals surface area contributed by atoms with E-state index in [4.69, 9.17) is 10.6 Å². The van der Waals surface area contributed by atoms with Gasteiger partial charge >= 0.3 is 11.9 Å². The fraction of sp³-hybridized carbons (Fsp3) is 0.348. The van der Waals surface area contributed by atoms with Crippen molar-refractivity contribution in [1.29, 1.82) is 0 Å². The number of carboxylic acid groups (broad SMARTS) is 2. The largest absolute Gasteiger partial charge is 0.478 e. The standard InChI is InChI=1S/C22H22N6O7S2.CH4/c1-22(2,20(33)34)35-26-13(12-10-37-21(23)24-12)16(29)25-14-17(30)28-15(19(31)32)11(9-36-18(14)28)8-27-6-4-3-5-7-27;/h3-7,10,14,18H,8-9H2,1-2H3,(H4-,23,24,25,29,31,32,33,34);1H4/p+1/b26-13-;/t14-,18-;/m1./s1. The van der Waals surface area contributed by atoms with Crippen LogP contribution < -0.4 is 15.6 Å². The van der Waals surface area contributed by atoms with Crippen molar-refractivity contribution in [1.82, 2.24) is 15.2 Å². The fourth-order valence-electron chi connectivity index (χ4n) is 3.57. The number of oxime groups is 1. The Morgan fingerprint density at radius 3 is 2.55 bits per heavy atom. The van der Waals surface area contributed by atoms with Gasteiger partial charge in [-0.1, -0.05) is 18.6 Å². The van der Waals surface area contributed by atoms with Crippen molar-refractivity contribution in [3.8, 4) is 0 Å². The molecule has 2 aromatic rings. The summed E-state index contributed by atoms with van der Waals surface area (Å²) in [4.78, 5) is 59.9. The van der Waals surface area contributed by atoms with E-state index in [9.17, 15) is 29.4 Å². The lowest BCUT2D eigenvalue weighted by atomic mass is 10.0. The van der Waals surface area contributed by atoms with Gasteiger partial charge < -0.3 is 26.1 Å². The molecule has 0 saturated carbocycles. The third-order valence-electron chi connectivity index (χ3n) is 5.55. The van der Waals surface area contributed by atoms with Crippen molar-refractivity contribution in [3.63, 3.8) is 0 Å². The number of aliphatic carboxylic acids is 2. The predicted molar refractivity (Wildman–Crippen MR) is 139 cm³/mol. The summed E-state index contributed by atoms with van der Waals surface area (Å²) in [7, 11) is 0. The monoisotopic (exact) mass is 563 g/mol. The first-order valence-corrected chi connectivity index (χ1v) is 12.8. The summed E-state index contributed by atoms with van der Waals surface area (Å²) in [6.45, 7) is 2.80. The average Bonchev–Trinajstić information content (AvgIpc) is 3.28. The maximum Gasteiger partial charge on any atom is 0.352 e. The quantitative estimate of drug-likeness (QED) is 0.146. The molecule has 0 aromatic carbocycles. The Morgan fingerprint density at radius 2 is 1.97 bits per heavy atom. The van der Waals surface area contributed by atoms with E-state index in [1.54, 1.807) is 12.4 Å². The first kappa shape index (κ1) is 28.6. The number of β-lactam (4-membered cyclic amide) rings is 1. The number of pyridine rings is 1. The van der Waals surface area contributed by atoms with Crippen molar-refractivity contribution < 1.29 is 38.8 Å². The lowest BCUT2D eigenvalue weighted by molar-refractivity contribution is -0.689. The van der Waals surface area contributed by atoms with Gasteiger partial charge in [-0.15, -0.1) is 23.1 Å². The van der Waals surface area contributed by atoms with Crippen LogP contribution in [-0.2, 0) is 30.6 Å². The molecule has 15 heteroatoms. The number of thioether (sulfide) groups is 1. The number of nitrogens with one attached hydrogen (secondary N) is 1. The van der Waals surface area contributed by atoms with E-state index in [1.165, 1.54) is 35.9 Å². The minimum Gasteiger partial charge on any atom is -0.478 e. The summed E-state index contributed by atoms with van der Waals surface area (Å²) in [6.07, 6.45) is 3.59. The lowest BCUT2D eigenvalue weighted by Gasteiger charge is -2.49. The minimum absolute atomic E-state index is 0. The highest BCUT2D eigenvalue weighted by molar-refractivity contribution is 8.00. The summed E-state index contributed by atoms with van der Waals surface area (Å²) in [5.74, 6) is -3.66. The molecular formula is C23H27N6O7S2+. The van der Waals surface area contributed by atoms with E-state index in [-0.39, 0.29) is 29.7 Å². The molecule has 5 N–H and O–H groups in total. The van der Waals surface area contributed by atoms with Crippen molar-refractivity contribution >= 4 is 57.7 Å². The number of nitrogens with two attached hydrogens (primary N) is 1. The average molecular weight is 564 g/mol. The molecule has 2 amide bonds. The van der Waals surface area contributed by atoms with E-state index in [0.29, 0.717) is 17.9 Å². The summed E-state index contributed by atoms with van der Waals surface area (Å²) in [5.41, 5.74) is 4.04. The Labute approximate surface area is 226 Å². The van der Waals surface area contributed by atoms with E-state index in [1.807, 2.05) is 22.8 Å². The Balaban J connectivity index is 0.00000400. The number of nitrogen functional groups attached to an aromatic ring is 1. The van der Waals surface area contributed by atoms with Gasteiger partial charge in [-0.3, -0.25) is 14.5 Å². The van der Waals surface area contributed by atoms with Crippen LogP contribution in [0, 0.1) is 0 Å². The number of carbonyl (C=O) groups is 4. The van der Waals surface area contributed by atoms with E-state index in [2.05, 4.69) is 15.5 Å². The molecule has 0 unspecified atom stereocenters. The van der Waals surface area contributed by atoms with Crippen LogP contribution in [0.3, 0.4) is 0 Å². The summed E-state index contributed by atoms with van der Waals surface area (Å²) in [6, 6.07) is 4.44. The van der Waals surface area contributed by atoms with Gasteiger partial charge in [0.05, 0.1) is 0 Å². The number of thiazole rings is 1. The molecule has 2 aliphatic rings. The molecule has 0 aliphatic carbocycles. The van der Waals surface area contributed by atoms with Gasteiger partial charge in [0.1, 0.15) is 22.8 Å². The lowest BCUT2D eigenvalue weighted by Crippen LogP contribution is -2.71. The van der Waals surface area contributed by atoms with Gasteiger partial charge in [0.2, 0.25) is 5.60 Å². The third kappa shape index (κ3) is 5.62. The Bertz CT molecular complexity index is 1320. The number of hydrogen-bond acceptors (Lipinski definition) is 10. The van der Waals surface area contributed by atoms with Crippen LogP contribution in [0.25, 0.3) is 0 Å². The number of fused-ring (bicyclic) bond motifs is 1. The molecule has 202 valence electrons. The first-order chi connectivity index (χ1) is 17.5. The minimum atomic E-state index is -1.75. The van der Waals surface area contributed by atoms with Gasteiger partial charge in [-0.25, -0.2) is 19.1 Å². The van der Waals surface area contributed by atoms with Crippen LogP contribution in [0.2, 0.25) is 0 Å². The van der Waals surface area contributed by atoms with Crippen LogP contribution in [0.5, 0.6) is 0 Å². The zero-order chi connectivity index (χ0) is 26.9. The molecule has 2 aliphatic heterocycles. The molecule has 1 saturated heterocycles. The summed E-state index contributed by atoms with van der Waals surface area (Å²) in [5, 5.41) is 26.3. The first-order valence-electron chi connectivity index (χ1n) is 10.9. The van der Waals surface area contributed by atoms with Crippen LogP contribution in [-0.4, -0.2) is 72.3 Å². The zero-order valence-corrected chi connectivity index (χ0v) is 21.3. The van der Waals surface area contributed by atoms with Gasteiger partial charge in [0, 0.05) is 28.8 Å². The van der Waals surface area contributed by atoms with Crippen molar-refractivity contribution in [3.05, 3.63) is 52.9 Å². The van der Waals surface area contributed by atoms with Crippen molar-refractivity contribution in [2.24, 2.45) is 5.16 Å². The predicted octanol–water partition coefficient (Wildman–Crippen LogP) is 0.672. The molecule has 2 aromatic heterocycles. The third-order valence-corrected chi connectivity index (χ3v) is 7.56. The number of carbonyl (C=O) groups excluding carboxylic acids is 2. The molecule has 0 bridgehead atoms. The topological polar surface area (TPSA) is 188 Å². The molecule has 0 radical (unpaired) electrons. The number of amides is 2. The van der Waals surface area contributed by atoms with E-state index < -0.39 is 40.8 Å². The Morgan fingerprint density at radius 1 is 1.29 bits per heavy atom. The Kier molecular flexibility index (Phi) is 8.41. The Hall–Kier alpha value is -3.98. The van der Waals surface area contributed by atoms with Crippen LogP contribution >= 0.6 is 23.1 Å². The van der Waals surface area contributed by atoms with Gasteiger partial charge in [0.15, 0.2) is 29.8 Å². The number of nitrogens with zero attached hydrogens (tertiary/aromatic N) is 4. The van der Waals surface area contributed by atoms with Gasteiger partial charge in [0.25, 0.3) is 11.8 Å². The number of aromatic nitrogens is 2. The smallest absolute Gasteiger partial charge is 0.352 e. The normalized spacial score (nSPS) is 19.2. The van der Waals surface area contributed by atoms with Crippen molar-refractivity contribution in [2.45, 2.75) is 44.8 Å². The number of rotatable bonds is 9. The number of anilines is 1. The summed E-state index contributed by atoms with van der Waals surface area (Å²) >= 11 is 2.35. The molecule has 4 rings (SSSR count). The van der Waals surface area contributed by atoms with Crippen molar-refractivity contribution in [2.75, 3.05) is 11.5 Å². The fourth-order valence-corrected chi connectivity index (χ4v) is 5.46. The van der Waals surface area contributed by atoms with Gasteiger partial charge in [-0.05, 0) is 13.8 Å². The maximum atomic E-state index is 13.1. The molecule has 13 nitrogen and oxygen atoms in total. The number of hydrogen-bond donors (Lipinski definition) is 4. The van der Waals surface area contributed by atoms with Crippen LogP contribution in [0.4, 0.5) is 5.13 Å². The van der Waals surface area contributed by atoms with Crippen LogP contribution in [0.1, 0.15) is 27.0 Å². The summed E-state index contributed by atoms with van der Waals surface area (Å²) < 4.78 is 1.81. The maximum absolute atomic E-state index is 13.1. The molecular weight excluding hydrogens is 536 g/mol. The second-order valence-electron chi connectivity index (χ2n) is 8.58. The molecule has 0 spiro atoms. The highest BCUT2D eigenvalue weighted by atomic mass is 32.2. The second-order valence-corrected chi connectivity index (χ2v) is 10.6. The van der Waals surface area contributed by atoms with Gasteiger partial charge in [-0.2, -0.15) is 0 Å². The molecule has 38 heavy (non-hydrogen) atoms. The molecule has 1 fully saturated rings. The highest BCUT2D eigenvalue weighted by Gasteiger charge is 2.54. The van der Waals surface area contributed by atoms with E-state index in [0.717, 1.165) is 11.3 Å². The zero-order valence-electron chi connectivity index (χ0n) is 19.7. The SMILES string of the molecule is C.CC(C)(O/N=C(\C(=O)N[C@@H]1C(=O)N2C(C(=O)O)=C(C[n+]3ccccc3)CS[C@H]12)c1csc(N)n1)C(=O)O. The second kappa shape index (κ2) is 11.2. The molecule has 4 heterocycles. The highest BCUT2D eigenvalue weighted by Crippen LogP contribution is 2.40. The van der Waals surface area contributed by atoms with Crippen LogP contribution in [0.15, 0.2) is 52.4 Å². The van der Waals surface area contributed by atoms with E-state index >= 15 is 0 Å².